The molecule has 0 heterocycles. The third-order valence-electron chi connectivity index (χ3n) is 3.30. The molecule has 2 N–H and O–H groups in total. The van der Waals surface area contributed by atoms with Crippen LogP contribution >= 0.6 is 0 Å². The van der Waals surface area contributed by atoms with Gasteiger partial charge >= 0.3 is 0 Å². The molecule has 0 fully saturated rings. The molecule has 0 aliphatic heterocycles. The second kappa shape index (κ2) is 6.21. The van der Waals surface area contributed by atoms with Crippen LogP contribution in [-0.4, -0.2) is 32.1 Å². The Bertz CT molecular complexity index is 378. The summed E-state index contributed by atoms with van der Waals surface area (Å²) in [7, 11) is 5.81. The molecule has 0 bridgehead atoms. The average Bonchev–Trinajstić information content (AvgIpc) is 2.28. The topological polar surface area (TPSA) is 38.5 Å². The van der Waals surface area contributed by atoms with Crippen molar-refractivity contribution >= 4 is 0 Å². The molecule has 102 valence electrons. The van der Waals surface area contributed by atoms with Crippen LogP contribution in [0.25, 0.3) is 0 Å². The lowest BCUT2D eigenvalue weighted by molar-refractivity contribution is 0.258. The van der Waals surface area contributed by atoms with Crippen LogP contribution in [-0.2, 0) is 0 Å². The maximum Gasteiger partial charge on any atom is 0.123 e. The van der Waals surface area contributed by atoms with E-state index in [1.165, 1.54) is 5.56 Å². The molecule has 0 amide bonds. The number of methoxy groups -OCH3 is 1. The van der Waals surface area contributed by atoms with Crippen molar-refractivity contribution in [3.05, 3.63) is 29.3 Å². The first kappa shape index (κ1) is 15.0. The first-order chi connectivity index (χ1) is 8.38. The summed E-state index contributed by atoms with van der Waals surface area (Å²) in [6, 6.07) is 6.66. The van der Waals surface area contributed by atoms with E-state index < -0.39 is 0 Å². The lowest BCUT2D eigenvalue weighted by Crippen LogP contribution is -2.35. The molecule has 1 aromatic carbocycles. The molecule has 3 nitrogen and oxygen atoms in total. The van der Waals surface area contributed by atoms with Crippen molar-refractivity contribution in [1.82, 2.24) is 4.90 Å². The van der Waals surface area contributed by atoms with Crippen molar-refractivity contribution in [3.8, 4) is 5.75 Å². The standard InChI is InChI=1S/C15H26N2O/c1-10(2)12-7-8-13(14(9-12)18-6)15(11(3)16)17(4)5/h7-11,15H,16H2,1-6H3. The van der Waals surface area contributed by atoms with Crippen molar-refractivity contribution in [2.24, 2.45) is 5.73 Å². The molecule has 0 saturated carbocycles. The Morgan fingerprint density at radius 3 is 2.17 bits per heavy atom. The van der Waals surface area contributed by atoms with E-state index >= 15 is 0 Å². The third kappa shape index (κ3) is 3.24. The highest BCUT2D eigenvalue weighted by molar-refractivity contribution is 5.41. The van der Waals surface area contributed by atoms with Crippen LogP contribution in [0.5, 0.6) is 5.75 Å². The van der Waals surface area contributed by atoms with Crippen LogP contribution < -0.4 is 10.5 Å². The minimum Gasteiger partial charge on any atom is -0.496 e. The summed E-state index contributed by atoms with van der Waals surface area (Å²) < 4.78 is 5.54. The van der Waals surface area contributed by atoms with Gasteiger partial charge in [-0.15, -0.1) is 0 Å². The van der Waals surface area contributed by atoms with E-state index in [0.29, 0.717) is 5.92 Å². The quantitative estimate of drug-likeness (QED) is 0.873. The summed E-state index contributed by atoms with van der Waals surface area (Å²) in [5.41, 5.74) is 8.54. The van der Waals surface area contributed by atoms with E-state index in [-0.39, 0.29) is 12.1 Å². The number of nitrogens with two attached hydrogens (primary N) is 1. The molecule has 2 unspecified atom stereocenters. The Kier molecular flexibility index (Phi) is 5.17. The van der Waals surface area contributed by atoms with Crippen LogP contribution in [0, 0.1) is 0 Å². The molecule has 1 aromatic rings. The average molecular weight is 250 g/mol. The minimum absolute atomic E-state index is 0.0544. The van der Waals surface area contributed by atoms with Gasteiger partial charge in [-0.2, -0.15) is 0 Å². The van der Waals surface area contributed by atoms with Crippen LogP contribution in [0.15, 0.2) is 18.2 Å². The van der Waals surface area contributed by atoms with Crippen LogP contribution in [0.3, 0.4) is 0 Å². The van der Waals surface area contributed by atoms with Crippen LogP contribution in [0.1, 0.15) is 43.9 Å². The molecule has 0 spiro atoms. The van der Waals surface area contributed by atoms with Gasteiger partial charge in [-0.25, -0.2) is 0 Å². The fourth-order valence-corrected chi connectivity index (χ4v) is 2.36. The number of ether oxygens (including phenoxy) is 1. The molecule has 1 rings (SSSR count). The fourth-order valence-electron chi connectivity index (χ4n) is 2.36. The zero-order chi connectivity index (χ0) is 13.9. The Morgan fingerprint density at radius 2 is 1.78 bits per heavy atom. The van der Waals surface area contributed by atoms with Crippen molar-refractivity contribution in [2.45, 2.75) is 38.8 Å². The monoisotopic (exact) mass is 250 g/mol. The first-order valence-corrected chi connectivity index (χ1v) is 6.48. The number of benzene rings is 1. The Labute approximate surface area is 111 Å². The number of nitrogens with zero attached hydrogens (tertiary/aromatic N) is 1. The third-order valence-corrected chi connectivity index (χ3v) is 3.30. The van der Waals surface area contributed by atoms with E-state index in [1.54, 1.807) is 7.11 Å². The molecule has 0 saturated heterocycles. The number of hydrogen-bond donors (Lipinski definition) is 1. The lowest BCUT2D eigenvalue weighted by atomic mass is 9.94. The maximum absolute atomic E-state index is 6.09. The largest absolute Gasteiger partial charge is 0.496 e. The van der Waals surface area contributed by atoms with Gasteiger partial charge in [0.2, 0.25) is 0 Å². The zero-order valence-electron chi connectivity index (χ0n) is 12.4. The normalized spacial score (nSPS) is 14.9. The van der Waals surface area contributed by atoms with Crippen molar-refractivity contribution < 1.29 is 4.74 Å². The van der Waals surface area contributed by atoms with Gasteiger partial charge in [0.25, 0.3) is 0 Å². The van der Waals surface area contributed by atoms with E-state index in [9.17, 15) is 0 Å². The predicted molar refractivity (Wildman–Crippen MR) is 77.2 cm³/mol. The van der Waals surface area contributed by atoms with Crippen LogP contribution in [0.4, 0.5) is 0 Å². The van der Waals surface area contributed by atoms with Gasteiger partial charge in [0, 0.05) is 11.6 Å². The summed E-state index contributed by atoms with van der Waals surface area (Å²) in [6.45, 7) is 6.40. The maximum atomic E-state index is 6.09. The Balaban J connectivity index is 3.22. The number of hydrogen-bond acceptors (Lipinski definition) is 3. The molecule has 0 radical (unpaired) electrons. The van der Waals surface area contributed by atoms with Gasteiger partial charge in [-0.3, -0.25) is 0 Å². The molecular weight excluding hydrogens is 224 g/mol. The van der Waals surface area contributed by atoms with Gasteiger partial charge in [0.1, 0.15) is 5.75 Å². The van der Waals surface area contributed by atoms with Gasteiger partial charge in [0.15, 0.2) is 0 Å². The molecule has 18 heavy (non-hydrogen) atoms. The van der Waals surface area contributed by atoms with Crippen molar-refractivity contribution in [1.29, 1.82) is 0 Å². The second-order valence-corrected chi connectivity index (χ2v) is 5.42. The van der Waals surface area contributed by atoms with Crippen molar-refractivity contribution in [3.63, 3.8) is 0 Å². The van der Waals surface area contributed by atoms with E-state index in [4.69, 9.17) is 10.5 Å². The highest BCUT2D eigenvalue weighted by atomic mass is 16.5. The molecule has 0 aromatic heterocycles. The molecular formula is C15H26N2O. The zero-order valence-corrected chi connectivity index (χ0v) is 12.4. The minimum atomic E-state index is 0.0544. The summed E-state index contributed by atoms with van der Waals surface area (Å²) in [5.74, 6) is 1.43. The van der Waals surface area contributed by atoms with Gasteiger partial charge in [-0.1, -0.05) is 26.0 Å². The van der Waals surface area contributed by atoms with E-state index in [0.717, 1.165) is 11.3 Å². The highest BCUT2D eigenvalue weighted by Crippen LogP contribution is 2.32. The molecule has 3 heteroatoms. The smallest absolute Gasteiger partial charge is 0.123 e. The van der Waals surface area contributed by atoms with E-state index in [1.807, 2.05) is 21.0 Å². The predicted octanol–water partition coefficient (Wildman–Crippen LogP) is 2.77. The Hall–Kier alpha value is -1.06. The number of rotatable bonds is 5. The summed E-state index contributed by atoms with van der Waals surface area (Å²) in [4.78, 5) is 2.14. The summed E-state index contributed by atoms with van der Waals surface area (Å²) >= 11 is 0. The lowest BCUT2D eigenvalue weighted by Gasteiger charge is -2.29. The molecule has 2 atom stereocenters. The van der Waals surface area contributed by atoms with Crippen LogP contribution in [0.2, 0.25) is 0 Å². The summed E-state index contributed by atoms with van der Waals surface area (Å²) in [5, 5.41) is 0. The number of likely N-dealkylation sites (N-methyl/N-ethyl adjacent to an activating group) is 1. The molecule has 0 aliphatic rings. The summed E-state index contributed by atoms with van der Waals surface area (Å²) in [6.07, 6.45) is 0. The van der Waals surface area contributed by atoms with Gasteiger partial charge in [0.05, 0.1) is 13.2 Å². The SMILES string of the molecule is COc1cc(C(C)C)ccc1C(C(C)N)N(C)C. The van der Waals surface area contributed by atoms with Gasteiger partial charge < -0.3 is 15.4 Å². The fraction of sp³-hybridized carbons (Fsp3) is 0.600. The first-order valence-electron chi connectivity index (χ1n) is 6.48. The molecule has 0 aliphatic carbocycles. The second-order valence-electron chi connectivity index (χ2n) is 5.42. The highest BCUT2D eigenvalue weighted by Gasteiger charge is 2.22. The van der Waals surface area contributed by atoms with E-state index in [2.05, 4.69) is 36.9 Å². The Morgan fingerprint density at radius 1 is 1.17 bits per heavy atom. The van der Waals surface area contributed by atoms with Gasteiger partial charge in [-0.05, 0) is 38.6 Å². The van der Waals surface area contributed by atoms with Crippen molar-refractivity contribution in [2.75, 3.05) is 21.2 Å².